The van der Waals surface area contributed by atoms with Crippen LogP contribution in [0.25, 0.3) is 0 Å². The van der Waals surface area contributed by atoms with Crippen LogP contribution < -0.4 is 10.1 Å². The maximum absolute atomic E-state index is 12.1. The van der Waals surface area contributed by atoms with Gasteiger partial charge in [0, 0.05) is 6.54 Å². The normalized spacial score (nSPS) is 10.0. The molecule has 5 heteroatoms. The number of carbonyl (C=O) groups excluding carboxylic acids is 1. The van der Waals surface area contributed by atoms with Crippen LogP contribution in [0.2, 0.25) is 0 Å². The highest BCUT2D eigenvalue weighted by atomic mass is 16.5. The zero-order valence-corrected chi connectivity index (χ0v) is 12.2. The minimum absolute atomic E-state index is 0.00769. The summed E-state index contributed by atoms with van der Waals surface area (Å²) >= 11 is 0. The van der Waals surface area contributed by atoms with E-state index in [1.54, 1.807) is 12.1 Å². The molecule has 2 aromatic rings. The van der Waals surface area contributed by atoms with Crippen molar-refractivity contribution in [1.29, 1.82) is 0 Å². The smallest absolute Gasteiger partial charge is 0.336 e. The molecule has 0 bridgehead atoms. The first-order chi connectivity index (χ1) is 10.6. The lowest BCUT2D eigenvalue weighted by Crippen LogP contribution is -2.24. The molecular weight excluding hydrogens is 282 g/mol. The molecule has 1 amide bonds. The highest BCUT2D eigenvalue weighted by molar-refractivity contribution is 6.04. The molecule has 0 aliphatic carbocycles. The first kappa shape index (κ1) is 15.6. The van der Waals surface area contributed by atoms with Crippen molar-refractivity contribution >= 4 is 11.9 Å². The van der Waals surface area contributed by atoms with Gasteiger partial charge >= 0.3 is 5.97 Å². The number of amides is 1. The molecule has 0 heterocycles. The summed E-state index contributed by atoms with van der Waals surface area (Å²) in [4.78, 5) is 23.2. The van der Waals surface area contributed by atoms with Crippen molar-refractivity contribution in [2.24, 2.45) is 0 Å². The highest BCUT2D eigenvalue weighted by Gasteiger charge is 2.15. The molecule has 0 fully saturated rings. The van der Waals surface area contributed by atoms with E-state index in [4.69, 9.17) is 9.84 Å². The number of hydrogen-bond acceptors (Lipinski definition) is 3. The van der Waals surface area contributed by atoms with E-state index in [2.05, 4.69) is 5.32 Å². The molecule has 0 radical (unpaired) electrons. The summed E-state index contributed by atoms with van der Waals surface area (Å²) in [5.74, 6) is -0.757. The van der Waals surface area contributed by atoms with E-state index in [1.165, 1.54) is 12.1 Å². The molecule has 0 aliphatic rings. The van der Waals surface area contributed by atoms with Crippen molar-refractivity contribution in [3.8, 4) is 5.75 Å². The molecule has 0 aromatic heterocycles. The van der Waals surface area contributed by atoms with Gasteiger partial charge in [0.2, 0.25) is 0 Å². The van der Waals surface area contributed by atoms with E-state index in [9.17, 15) is 9.59 Å². The standard InChI is InChI=1S/C17H17NO4/c1-2-22-13-9-7-12(8-10-13)11-18-16(19)14-5-3-4-6-15(14)17(20)21/h3-10H,2,11H2,1H3,(H,18,19)(H,20,21). The SMILES string of the molecule is CCOc1ccc(CNC(=O)c2ccccc2C(=O)O)cc1. The third kappa shape index (κ3) is 3.85. The van der Waals surface area contributed by atoms with Gasteiger partial charge in [-0.2, -0.15) is 0 Å². The Kier molecular flexibility index (Phi) is 5.14. The van der Waals surface area contributed by atoms with Crippen LogP contribution in [0, 0.1) is 0 Å². The Balaban J connectivity index is 2.02. The summed E-state index contributed by atoms with van der Waals surface area (Å²) in [6.45, 7) is 2.83. The Morgan fingerprint density at radius 1 is 1.05 bits per heavy atom. The van der Waals surface area contributed by atoms with Crippen LogP contribution in [0.5, 0.6) is 5.75 Å². The maximum atomic E-state index is 12.1. The van der Waals surface area contributed by atoms with Crippen LogP contribution in [0.1, 0.15) is 33.2 Å². The van der Waals surface area contributed by atoms with Crippen molar-refractivity contribution in [2.75, 3.05) is 6.61 Å². The number of carboxylic acid groups (broad SMARTS) is 1. The summed E-state index contributed by atoms with van der Waals surface area (Å²) in [7, 11) is 0. The van der Waals surface area contributed by atoms with Gasteiger partial charge in [-0.15, -0.1) is 0 Å². The number of ether oxygens (including phenoxy) is 1. The van der Waals surface area contributed by atoms with Gasteiger partial charge in [0.25, 0.3) is 5.91 Å². The van der Waals surface area contributed by atoms with Crippen molar-refractivity contribution in [2.45, 2.75) is 13.5 Å². The predicted molar refractivity (Wildman–Crippen MR) is 82.2 cm³/mol. The van der Waals surface area contributed by atoms with Gasteiger partial charge in [0.15, 0.2) is 0 Å². The second-order valence-electron chi connectivity index (χ2n) is 4.61. The summed E-state index contributed by atoms with van der Waals surface area (Å²) in [6, 6.07) is 13.5. The summed E-state index contributed by atoms with van der Waals surface area (Å²) in [5, 5.41) is 11.8. The summed E-state index contributed by atoms with van der Waals surface area (Å²) < 4.78 is 5.35. The highest BCUT2D eigenvalue weighted by Crippen LogP contribution is 2.13. The molecule has 0 atom stereocenters. The first-order valence-corrected chi connectivity index (χ1v) is 6.94. The molecule has 114 valence electrons. The monoisotopic (exact) mass is 299 g/mol. The predicted octanol–water partition coefficient (Wildman–Crippen LogP) is 2.71. The molecule has 22 heavy (non-hydrogen) atoms. The van der Waals surface area contributed by atoms with E-state index in [1.807, 2.05) is 31.2 Å². The zero-order chi connectivity index (χ0) is 15.9. The van der Waals surface area contributed by atoms with E-state index in [0.29, 0.717) is 13.2 Å². The molecule has 0 unspecified atom stereocenters. The summed E-state index contributed by atoms with van der Waals surface area (Å²) in [6.07, 6.45) is 0. The fraction of sp³-hybridized carbons (Fsp3) is 0.176. The fourth-order valence-electron chi connectivity index (χ4n) is 2.02. The minimum atomic E-state index is -1.12. The van der Waals surface area contributed by atoms with Crippen LogP contribution in [-0.2, 0) is 6.54 Å². The van der Waals surface area contributed by atoms with Crippen molar-refractivity contribution in [3.63, 3.8) is 0 Å². The Bertz CT molecular complexity index is 665. The first-order valence-electron chi connectivity index (χ1n) is 6.94. The minimum Gasteiger partial charge on any atom is -0.494 e. The molecular formula is C17H17NO4. The van der Waals surface area contributed by atoms with E-state index < -0.39 is 11.9 Å². The van der Waals surface area contributed by atoms with E-state index in [0.717, 1.165) is 11.3 Å². The summed E-state index contributed by atoms with van der Waals surface area (Å²) in [5.41, 5.74) is 1.05. The fourth-order valence-corrected chi connectivity index (χ4v) is 2.02. The number of nitrogens with one attached hydrogen (secondary N) is 1. The third-order valence-corrected chi connectivity index (χ3v) is 3.09. The Morgan fingerprint density at radius 3 is 2.27 bits per heavy atom. The van der Waals surface area contributed by atoms with E-state index >= 15 is 0 Å². The van der Waals surface area contributed by atoms with Crippen molar-refractivity contribution in [3.05, 3.63) is 65.2 Å². The molecule has 0 spiro atoms. The Hall–Kier alpha value is -2.82. The number of carboxylic acids is 1. The average molecular weight is 299 g/mol. The van der Waals surface area contributed by atoms with Gasteiger partial charge in [-0.25, -0.2) is 4.79 Å². The molecule has 0 saturated heterocycles. The number of carbonyl (C=O) groups is 2. The van der Waals surface area contributed by atoms with Crippen molar-refractivity contribution < 1.29 is 19.4 Å². The lowest BCUT2D eigenvalue weighted by molar-refractivity contribution is 0.0691. The zero-order valence-electron chi connectivity index (χ0n) is 12.2. The number of rotatable bonds is 6. The van der Waals surface area contributed by atoms with Crippen LogP contribution in [0.15, 0.2) is 48.5 Å². The van der Waals surface area contributed by atoms with Crippen LogP contribution in [0.4, 0.5) is 0 Å². The van der Waals surface area contributed by atoms with Crippen LogP contribution >= 0.6 is 0 Å². The second-order valence-corrected chi connectivity index (χ2v) is 4.61. The van der Waals surface area contributed by atoms with Crippen LogP contribution in [-0.4, -0.2) is 23.6 Å². The van der Waals surface area contributed by atoms with Gasteiger partial charge in [-0.05, 0) is 36.8 Å². The quantitative estimate of drug-likeness (QED) is 0.860. The molecule has 2 rings (SSSR count). The Labute approximate surface area is 128 Å². The average Bonchev–Trinajstić information content (AvgIpc) is 2.54. The molecule has 5 nitrogen and oxygen atoms in total. The Morgan fingerprint density at radius 2 is 1.68 bits per heavy atom. The lowest BCUT2D eigenvalue weighted by Gasteiger charge is -2.08. The molecule has 2 aromatic carbocycles. The second kappa shape index (κ2) is 7.26. The maximum Gasteiger partial charge on any atom is 0.336 e. The van der Waals surface area contributed by atoms with E-state index in [-0.39, 0.29) is 11.1 Å². The van der Waals surface area contributed by atoms with Gasteiger partial charge in [0.1, 0.15) is 5.75 Å². The topological polar surface area (TPSA) is 75.6 Å². The number of benzene rings is 2. The van der Waals surface area contributed by atoms with Gasteiger partial charge < -0.3 is 15.2 Å². The lowest BCUT2D eigenvalue weighted by atomic mass is 10.1. The van der Waals surface area contributed by atoms with Crippen molar-refractivity contribution in [1.82, 2.24) is 5.32 Å². The van der Waals surface area contributed by atoms with Gasteiger partial charge in [0.05, 0.1) is 17.7 Å². The van der Waals surface area contributed by atoms with Gasteiger partial charge in [-0.1, -0.05) is 24.3 Å². The van der Waals surface area contributed by atoms with Crippen LogP contribution in [0.3, 0.4) is 0 Å². The number of aromatic carboxylic acids is 1. The number of hydrogen-bond donors (Lipinski definition) is 2. The molecule has 0 saturated carbocycles. The largest absolute Gasteiger partial charge is 0.494 e. The molecule has 0 aliphatic heterocycles. The third-order valence-electron chi connectivity index (χ3n) is 3.09. The molecule has 2 N–H and O–H groups in total. The van der Waals surface area contributed by atoms with Gasteiger partial charge in [-0.3, -0.25) is 4.79 Å².